The van der Waals surface area contributed by atoms with E-state index in [1.807, 2.05) is 50.2 Å². The molecule has 14 heteroatoms. The van der Waals surface area contributed by atoms with Crippen molar-refractivity contribution in [3.8, 4) is 12.1 Å². The van der Waals surface area contributed by atoms with Crippen LogP contribution in [0.4, 0.5) is 11.4 Å². The lowest BCUT2D eigenvalue weighted by atomic mass is 9.91. The summed E-state index contributed by atoms with van der Waals surface area (Å²) in [6.07, 6.45) is 0. The SMILES string of the molecule is CCN=C1SC2(C(=O)Nc3ccccc32)C(C#N)=C(N)N1CCN1C(=NCC)SC2(C(=O)Nc3ccccc32)C(C#N)=C1N. The summed E-state index contributed by atoms with van der Waals surface area (Å²) < 4.78 is -2.75. The molecule has 0 saturated carbocycles. The molecule has 4 heterocycles. The third kappa shape index (κ3) is 3.98. The van der Waals surface area contributed by atoms with Crippen molar-refractivity contribution >= 4 is 57.0 Å². The molecule has 222 valence electrons. The number of hydrogen-bond acceptors (Lipinski definition) is 10. The fraction of sp³-hybridized carbons (Fsp3) is 0.267. The van der Waals surface area contributed by atoms with Crippen molar-refractivity contribution in [3.63, 3.8) is 0 Å². The number of amides is 2. The number of hydrogen-bond donors (Lipinski definition) is 4. The Hall–Kier alpha value is -4.92. The number of nitrogens with one attached hydrogen (secondary N) is 2. The van der Waals surface area contributed by atoms with Gasteiger partial charge in [-0.2, -0.15) is 10.5 Å². The average Bonchev–Trinajstić information content (AvgIpc) is 3.45. The summed E-state index contributed by atoms with van der Waals surface area (Å²) in [6, 6.07) is 18.9. The minimum Gasteiger partial charge on any atom is -0.384 e. The minimum atomic E-state index is -1.38. The van der Waals surface area contributed by atoms with E-state index in [0.717, 1.165) is 0 Å². The van der Waals surface area contributed by atoms with E-state index in [0.29, 0.717) is 45.9 Å². The van der Waals surface area contributed by atoms with E-state index in [-0.39, 0.29) is 47.7 Å². The monoisotopic (exact) mass is 624 g/mol. The number of amidine groups is 2. The summed E-state index contributed by atoms with van der Waals surface area (Å²) >= 11 is 2.35. The maximum absolute atomic E-state index is 13.5. The largest absolute Gasteiger partial charge is 0.384 e. The Morgan fingerprint density at radius 1 is 0.750 bits per heavy atom. The minimum absolute atomic E-state index is 0.104. The molecule has 0 aromatic heterocycles. The van der Waals surface area contributed by atoms with E-state index < -0.39 is 9.49 Å². The van der Waals surface area contributed by atoms with Gasteiger partial charge in [0.25, 0.3) is 11.8 Å². The van der Waals surface area contributed by atoms with E-state index in [1.165, 1.54) is 23.5 Å². The predicted molar refractivity (Wildman–Crippen MR) is 172 cm³/mol. The highest BCUT2D eigenvalue weighted by molar-refractivity contribution is 8.15. The third-order valence-electron chi connectivity index (χ3n) is 7.85. The first kappa shape index (κ1) is 29.2. The van der Waals surface area contributed by atoms with E-state index >= 15 is 0 Å². The van der Waals surface area contributed by atoms with Gasteiger partial charge < -0.3 is 31.9 Å². The van der Waals surface area contributed by atoms with Crippen molar-refractivity contribution in [1.29, 1.82) is 10.5 Å². The van der Waals surface area contributed by atoms with Crippen LogP contribution < -0.4 is 22.1 Å². The first-order valence-electron chi connectivity index (χ1n) is 13.9. The van der Waals surface area contributed by atoms with Crippen LogP contribution >= 0.6 is 23.5 Å². The highest BCUT2D eigenvalue weighted by Gasteiger charge is 2.58. The number of fused-ring (bicyclic) bond motifs is 4. The molecular formula is C30H28N10O2S2. The van der Waals surface area contributed by atoms with Gasteiger partial charge in [-0.1, -0.05) is 59.9 Å². The number of thioether (sulfide) groups is 2. The maximum atomic E-state index is 13.5. The molecule has 0 bridgehead atoms. The number of anilines is 2. The van der Waals surface area contributed by atoms with Gasteiger partial charge in [0.05, 0.1) is 0 Å². The lowest BCUT2D eigenvalue weighted by Crippen LogP contribution is -2.51. The van der Waals surface area contributed by atoms with Crippen LogP contribution in [0.25, 0.3) is 0 Å². The van der Waals surface area contributed by atoms with Crippen molar-refractivity contribution in [2.45, 2.75) is 23.3 Å². The van der Waals surface area contributed by atoms with Crippen molar-refractivity contribution in [1.82, 2.24) is 9.80 Å². The molecular weight excluding hydrogens is 597 g/mol. The number of nitriles is 2. The molecule has 6 rings (SSSR count). The zero-order valence-electron chi connectivity index (χ0n) is 23.9. The van der Waals surface area contributed by atoms with Crippen LogP contribution in [0.15, 0.2) is 81.3 Å². The van der Waals surface area contributed by atoms with Gasteiger partial charge >= 0.3 is 0 Å². The molecule has 0 fully saturated rings. The number of rotatable bonds is 5. The van der Waals surface area contributed by atoms with Crippen molar-refractivity contribution in [3.05, 3.63) is 82.4 Å². The van der Waals surface area contributed by atoms with Crippen LogP contribution in [0.5, 0.6) is 0 Å². The van der Waals surface area contributed by atoms with Crippen molar-refractivity contribution < 1.29 is 9.59 Å². The average molecular weight is 625 g/mol. The van der Waals surface area contributed by atoms with E-state index in [9.17, 15) is 20.1 Å². The van der Waals surface area contributed by atoms with Gasteiger partial charge in [-0.15, -0.1) is 0 Å². The van der Waals surface area contributed by atoms with Crippen molar-refractivity contribution in [2.75, 3.05) is 36.8 Å². The van der Waals surface area contributed by atoms with E-state index in [4.69, 9.17) is 11.5 Å². The normalized spacial score (nSPS) is 25.8. The molecule has 4 aliphatic rings. The van der Waals surface area contributed by atoms with Gasteiger partial charge in [0, 0.05) is 48.7 Å². The maximum Gasteiger partial charge on any atom is 0.251 e. The molecule has 2 amide bonds. The fourth-order valence-corrected chi connectivity index (χ4v) is 8.80. The zero-order valence-corrected chi connectivity index (χ0v) is 25.6. The van der Waals surface area contributed by atoms with Gasteiger partial charge in [0.2, 0.25) is 0 Å². The summed E-state index contributed by atoms with van der Waals surface area (Å²) in [5.74, 6) is -0.509. The Morgan fingerprint density at radius 2 is 1.14 bits per heavy atom. The Labute approximate surface area is 262 Å². The standard InChI is InChI=1S/C30H28N10O2S2/c1-3-35-27-39(23(33)19(15-31)29(43-27)17-9-5-7-11-21(17)37-25(29)41)13-14-40-24(34)20(16-32)30(44-28(40)36-4-2)18-10-6-8-12-22(18)38-26(30)42/h5-12H,3-4,13-14,33-34H2,1-2H3,(H,37,41)(H,38,42). The predicted octanol–water partition coefficient (Wildman–Crippen LogP) is 2.92. The highest BCUT2D eigenvalue weighted by atomic mass is 32.2. The number of benzene rings is 2. The van der Waals surface area contributed by atoms with Crippen LogP contribution in [0, 0.1) is 22.7 Å². The summed E-state index contributed by atoms with van der Waals surface area (Å²) in [6.45, 7) is 4.96. The molecule has 0 radical (unpaired) electrons. The van der Waals surface area contributed by atoms with Crippen molar-refractivity contribution in [2.24, 2.45) is 21.5 Å². The second-order valence-electron chi connectivity index (χ2n) is 10.1. The number of nitrogens with zero attached hydrogens (tertiary/aromatic N) is 6. The lowest BCUT2D eigenvalue weighted by Gasteiger charge is -2.42. The number of aliphatic imine (C=N–C) groups is 2. The number of carbonyl (C=O) groups excluding carboxylic acids is 2. The Kier molecular flexibility index (Phi) is 7.27. The highest BCUT2D eigenvalue weighted by Crippen LogP contribution is 2.56. The van der Waals surface area contributed by atoms with Crippen LogP contribution in [-0.4, -0.2) is 58.1 Å². The smallest absolute Gasteiger partial charge is 0.251 e. The first-order valence-corrected chi connectivity index (χ1v) is 15.6. The van der Waals surface area contributed by atoms with Crippen LogP contribution in [0.2, 0.25) is 0 Å². The molecule has 0 aliphatic carbocycles. The fourth-order valence-electron chi connectivity index (χ4n) is 5.90. The van der Waals surface area contributed by atoms with Crippen LogP contribution in [0.3, 0.4) is 0 Å². The number of carbonyl (C=O) groups is 2. The molecule has 2 unspecified atom stereocenters. The van der Waals surface area contributed by atoms with Gasteiger partial charge in [-0.3, -0.25) is 19.6 Å². The van der Waals surface area contributed by atoms with Crippen LogP contribution in [0.1, 0.15) is 25.0 Å². The molecule has 0 saturated heterocycles. The van der Waals surface area contributed by atoms with Gasteiger partial charge in [0.15, 0.2) is 19.8 Å². The molecule has 6 N–H and O–H groups in total. The molecule has 2 aromatic carbocycles. The molecule has 2 aromatic rings. The van der Waals surface area contributed by atoms with Gasteiger partial charge in [-0.25, -0.2) is 0 Å². The Morgan fingerprint density at radius 3 is 1.50 bits per heavy atom. The summed E-state index contributed by atoms with van der Waals surface area (Å²) in [5.41, 5.74) is 16.1. The van der Waals surface area contributed by atoms with Gasteiger partial charge in [-0.05, 0) is 26.0 Å². The molecule has 2 atom stereocenters. The second-order valence-corrected chi connectivity index (χ2v) is 12.5. The van der Waals surface area contributed by atoms with Crippen LogP contribution in [-0.2, 0) is 19.1 Å². The van der Waals surface area contributed by atoms with E-state index in [1.54, 1.807) is 21.9 Å². The molecule has 4 aliphatic heterocycles. The first-order chi connectivity index (χ1) is 21.3. The molecule has 12 nitrogen and oxygen atoms in total. The topological polar surface area (TPSA) is 189 Å². The third-order valence-corrected chi connectivity index (χ3v) is 10.8. The quantitative estimate of drug-likeness (QED) is 0.385. The second kappa shape index (κ2) is 11.0. The summed E-state index contributed by atoms with van der Waals surface area (Å²) in [7, 11) is 0. The Balaban J connectivity index is 1.41. The Bertz CT molecular complexity index is 1690. The lowest BCUT2D eigenvalue weighted by molar-refractivity contribution is -0.118. The van der Waals surface area contributed by atoms with E-state index in [2.05, 4.69) is 32.8 Å². The summed E-state index contributed by atoms with van der Waals surface area (Å²) in [4.78, 5) is 39.7. The van der Waals surface area contributed by atoms with Gasteiger partial charge in [0.1, 0.15) is 34.9 Å². The summed E-state index contributed by atoms with van der Waals surface area (Å²) in [5, 5.41) is 27.4. The number of nitrogens with two attached hydrogens (primary N) is 2. The zero-order chi connectivity index (χ0) is 31.2. The number of para-hydroxylation sites is 2. The molecule has 2 spiro atoms. The molecule has 44 heavy (non-hydrogen) atoms.